The molecule has 1 N–H and O–H groups in total. The van der Waals surface area contributed by atoms with Crippen LogP contribution >= 0.6 is 0 Å². The zero-order chi connectivity index (χ0) is 11.5. The van der Waals surface area contributed by atoms with Gasteiger partial charge in [0.05, 0.1) is 11.0 Å². The van der Waals surface area contributed by atoms with E-state index >= 15 is 0 Å². The van der Waals surface area contributed by atoms with Gasteiger partial charge in [-0.05, 0) is 44.3 Å². The van der Waals surface area contributed by atoms with E-state index in [1.165, 1.54) is 0 Å². The average Bonchev–Trinajstić information content (AvgIpc) is 3.02. The third kappa shape index (κ3) is 0.665. The molecule has 0 heterocycles. The molecule has 0 saturated heterocycles. The van der Waals surface area contributed by atoms with Gasteiger partial charge in [0.2, 0.25) is 0 Å². The summed E-state index contributed by atoms with van der Waals surface area (Å²) in [4.78, 5) is 11.6. The van der Waals surface area contributed by atoms with E-state index in [0.29, 0.717) is 18.4 Å². The maximum absolute atomic E-state index is 11.6. The Labute approximate surface area is 94.5 Å². The van der Waals surface area contributed by atoms with Gasteiger partial charge in [-0.25, -0.2) is 0 Å². The van der Waals surface area contributed by atoms with Crippen molar-refractivity contribution in [3.63, 3.8) is 0 Å². The Balaban J connectivity index is 1.42. The Hall–Kier alpha value is -0.830. The van der Waals surface area contributed by atoms with Crippen LogP contribution in [0.3, 0.4) is 0 Å². The fraction of sp³-hybridized carbons (Fsp3) is 0.769. The van der Waals surface area contributed by atoms with E-state index in [9.17, 15) is 9.90 Å². The van der Waals surface area contributed by atoms with Crippen molar-refractivity contribution < 1.29 is 14.6 Å². The van der Waals surface area contributed by atoms with E-state index < -0.39 is 11.0 Å². The van der Waals surface area contributed by atoms with Gasteiger partial charge in [0, 0.05) is 11.3 Å². The minimum Gasteiger partial charge on any atom is -0.461 e. The molecule has 5 atom stereocenters. The fourth-order valence-electron chi connectivity index (χ4n) is 4.01. The number of ether oxygens (including phenoxy) is 1. The van der Waals surface area contributed by atoms with Crippen LogP contribution in [0.1, 0.15) is 20.8 Å². The first-order valence-electron chi connectivity index (χ1n) is 5.96. The molecule has 0 radical (unpaired) electrons. The lowest BCUT2D eigenvalue weighted by atomic mass is 9.96. The van der Waals surface area contributed by atoms with E-state index in [4.69, 9.17) is 4.74 Å². The van der Waals surface area contributed by atoms with Crippen molar-refractivity contribution in [2.24, 2.45) is 28.6 Å². The summed E-state index contributed by atoms with van der Waals surface area (Å²) in [5.74, 6) is 1.71. The quantitative estimate of drug-likeness (QED) is 0.560. The van der Waals surface area contributed by atoms with Crippen molar-refractivity contribution in [3.05, 3.63) is 11.6 Å². The predicted octanol–water partition coefficient (Wildman–Crippen LogP) is 1.12. The molecule has 4 aliphatic carbocycles. The summed E-state index contributed by atoms with van der Waals surface area (Å²) in [5.41, 5.74) is 0.502. The lowest BCUT2D eigenvalue weighted by molar-refractivity contribution is -0.152. The monoisotopic (exact) mass is 220 g/mol. The van der Waals surface area contributed by atoms with Gasteiger partial charge in [-0.15, -0.1) is 0 Å². The van der Waals surface area contributed by atoms with Gasteiger partial charge in [-0.1, -0.05) is 0 Å². The van der Waals surface area contributed by atoms with Crippen molar-refractivity contribution in [3.8, 4) is 0 Å². The molecule has 0 amide bonds. The van der Waals surface area contributed by atoms with Crippen LogP contribution in [0.25, 0.3) is 0 Å². The Bertz CT molecular complexity index is 458. The van der Waals surface area contributed by atoms with Crippen LogP contribution in [0.4, 0.5) is 0 Å². The van der Waals surface area contributed by atoms with Crippen molar-refractivity contribution in [1.82, 2.24) is 0 Å². The van der Waals surface area contributed by atoms with Crippen molar-refractivity contribution in [2.45, 2.75) is 26.4 Å². The minimum absolute atomic E-state index is 0.163. The van der Waals surface area contributed by atoms with Gasteiger partial charge < -0.3 is 9.84 Å². The summed E-state index contributed by atoms with van der Waals surface area (Å²) in [7, 11) is 0. The summed E-state index contributed by atoms with van der Waals surface area (Å²) in [5, 5.41) is 10.1. The van der Waals surface area contributed by atoms with Crippen LogP contribution in [-0.2, 0) is 9.53 Å². The molecule has 3 heteroatoms. The van der Waals surface area contributed by atoms with Gasteiger partial charge in [-0.2, -0.15) is 0 Å². The number of carbonyl (C=O) groups is 1. The maximum Gasteiger partial charge on any atom is 0.311 e. The summed E-state index contributed by atoms with van der Waals surface area (Å²) in [6.45, 7) is 5.94. The van der Waals surface area contributed by atoms with Crippen molar-refractivity contribution in [1.29, 1.82) is 0 Å². The first kappa shape index (κ1) is 9.23. The molecule has 0 aromatic carbocycles. The van der Waals surface area contributed by atoms with Gasteiger partial charge in [0.1, 0.15) is 6.61 Å². The molecule has 3 nitrogen and oxygen atoms in total. The Morgan fingerprint density at radius 3 is 2.69 bits per heavy atom. The van der Waals surface area contributed by atoms with Crippen molar-refractivity contribution >= 4 is 5.97 Å². The highest BCUT2D eigenvalue weighted by molar-refractivity contribution is 5.76. The Morgan fingerprint density at radius 1 is 1.56 bits per heavy atom. The van der Waals surface area contributed by atoms with E-state index in [1.807, 2.05) is 26.8 Å². The normalized spacial score (nSPS) is 53.8. The Kier molecular flexibility index (Phi) is 1.15. The Morgan fingerprint density at radius 2 is 2.25 bits per heavy atom. The highest BCUT2D eigenvalue weighted by atomic mass is 16.5. The number of rotatable bonds is 2. The molecule has 1 spiro atoms. The molecule has 0 aliphatic heterocycles. The molecule has 16 heavy (non-hydrogen) atoms. The zero-order valence-corrected chi connectivity index (χ0v) is 9.78. The number of hydrogen-bond acceptors (Lipinski definition) is 3. The predicted molar refractivity (Wildman–Crippen MR) is 56.3 cm³/mol. The molecule has 4 aliphatic rings. The first-order valence-corrected chi connectivity index (χ1v) is 5.96. The van der Waals surface area contributed by atoms with Crippen LogP contribution in [0.2, 0.25) is 0 Å². The minimum atomic E-state index is -0.480. The molecular formula is C13H16O3. The largest absolute Gasteiger partial charge is 0.461 e. The van der Waals surface area contributed by atoms with E-state index in [0.717, 1.165) is 11.5 Å². The van der Waals surface area contributed by atoms with Crippen LogP contribution in [0.15, 0.2) is 11.6 Å². The summed E-state index contributed by atoms with van der Waals surface area (Å²) >= 11 is 0. The first-order chi connectivity index (χ1) is 7.35. The second kappa shape index (κ2) is 1.99. The lowest BCUT2D eigenvalue weighted by Gasteiger charge is -2.19. The second-order valence-electron chi connectivity index (χ2n) is 6.78. The zero-order valence-electron chi connectivity index (χ0n) is 9.78. The highest BCUT2D eigenvalue weighted by Gasteiger charge is 3.12. The third-order valence-electron chi connectivity index (χ3n) is 4.95. The molecule has 4 rings (SSSR count). The summed E-state index contributed by atoms with van der Waals surface area (Å²) in [6.07, 6.45) is 1.96. The topological polar surface area (TPSA) is 46.5 Å². The number of carbonyl (C=O) groups excluding carboxylic acids is 1. The number of fused-ring (bicyclic) bond motifs is 3. The molecule has 3 fully saturated rings. The fourth-order valence-corrected chi connectivity index (χ4v) is 4.01. The molecule has 3 saturated carbocycles. The molecule has 0 bridgehead atoms. The van der Waals surface area contributed by atoms with Crippen LogP contribution in [0, 0.1) is 28.6 Å². The van der Waals surface area contributed by atoms with Gasteiger partial charge in [0.15, 0.2) is 0 Å². The second-order valence-corrected chi connectivity index (χ2v) is 6.78. The number of esters is 1. The lowest BCUT2D eigenvalue weighted by Crippen LogP contribution is -2.25. The molecule has 0 aromatic rings. The smallest absolute Gasteiger partial charge is 0.311 e. The standard InChI is InChI=1S/C13H16O3/c1-11(2,3)10(14)16-5-6-4-12(15)9-8-7(6)13(8,9)12/h4,7-9,15H,5H2,1-3H3/t7?,8?,9?,12?,13-/m1/s1. The van der Waals surface area contributed by atoms with Gasteiger partial charge in [-0.3, -0.25) is 4.79 Å². The maximum atomic E-state index is 11.6. The number of hydrogen-bond donors (Lipinski definition) is 1. The van der Waals surface area contributed by atoms with E-state index in [1.54, 1.807) is 0 Å². The van der Waals surface area contributed by atoms with Gasteiger partial charge >= 0.3 is 5.97 Å². The van der Waals surface area contributed by atoms with Crippen LogP contribution < -0.4 is 0 Å². The highest BCUT2D eigenvalue weighted by Crippen LogP contribution is 3.09. The molecule has 4 unspecified atom stereocenters. The number of aliphatic hydroxyl groups is 1. The van der Waals surface area contributed by atoms with E-state index in [2.05, 4.69) is 0 Å². The summed E-state index contributed by atoms with van der Waals surface area (Å²) in [6, 6.07) is 0. The van der Waals surface area contributed by atoms with E-state index in [-0.39, 0.29) is 11.4 Å². The summed E-state index contributed by atoms with van der Waals surface area (Å²) < 4.78 is 5.29. The third-order valence-corrected chi connectivity index (χ3v) is 4.95. The van der Waals surface area contributed by atoms with Crippen LogP contribution in [-0.4, -0.2) is 23.3 Å². The van der Waals surface area contributed by atoms with Crippen molar-refractivity contribution in [2.75, 3.05) is 6.61 Å². The average molecular weight is 220 g/mol. The SMILES string of the molecule is CC(C)(C)C(=O)OCC1=CC2(O)C3C4C1[C@@]432. The molecule has 86 valence electrons. The molecular weight excluding hydrogens is 204 g/mol. The molecule has 0 aromatic heterocycles. The van der Waals surface area contributed by atoms with Crippen LogP contribution in [0.5, 0.6) is 0 Å². The van der Waals surface area contributed by atoms with Gasteiger partial charge in [0.25, 0.3) is 0 Å².